The van der Waals surface area contributed by atoms with Gasteiger partial charge in [0.1, 0.15) is 5.76 Å². The van der Waals surface area contributed by atoms with Gasteiger partial charge in [-0.2, -0.15) is 0 Å². The van der Waals surface area contributed by atoms with Gasteiger partial charge in [0.2, 0.25) is 0 Å². The molecule has 0 spiro atoms. The lowest BCUT2D eigenvalue weighted by molar-refractivity contribution is 0.0823. The summed E-state index contributed by atoms with van der Waals surface area (Å²) in [6.07, 6.45) is 3.60. The highest BCUT2D eigenvalue weighted by Crippen LogP contribution is 2.65. The Kier molecular flexibility index (Phi) is 4.85. The number of nitrogens with zero attached hydrogens (tertiary/aromatic N) is 1. The van der Waals surface area contributed by atoms with Gasteiger partial charge in [-0.05, 0) is 62.0 Å². The number of carbonyl (C=O) groups excluding carboxylic acids is 1. The second-order valence-electron chi connectivity index (χ2n) is 9.22. The number of thioether (sulfide) groups is 1. The molecule has 2 aromatic rings. The van der Waals surface area contributed by atoms with Crippen molar-refractivity contribution < 1.29 is 9.32 Å². The molecule has 5 heteroatoms. The van der Waals surface area contributed by atoms with E-state index in [4.69, 9.17) is 4.52 Å². The molecule has 1 heterocycles. The number of carbonyl (C=O) groups is 1. The molecule has 4 nitrogen and oxygen atoms in total. The molecule has 2 saturated carbocycles. The molecule has 2 aliphatic rings. The molecule has 1 aromatic heterocycles. The van der Waals surface area contributed by atoms with E-state index in [1.807, 2.05) is 38.1 Å². The van der Waals surface area contributed by atoms with Crippen LogP contribution in [0.3, 0.4) is 0 Å². The summed E-state index contributed by atoms with van der Waals surface area (Å²) in [5.74, 6) is 2.37. The lowest BCUT2D eigenvalue weighted by Gasteiger charge is -2.39. The van der Waals surface area contributed by atoms with Crippen molar-refractivity contribution in [2.75, 3.05) is 0 Å². The van der Waals surface area contributed by atoms with Crippen LogP contribution in [0.5, 0.6) is 0 Å². The van der Waals surface area contributed by atoms with Gasteiger partial charge < -0.3 is 9.84 Å². The van der Waals surface area contributed by atoms with Gasteiger partial charge in [0, 0.05) is 22.3 Å². The largest absolute Gasteiger partial charge is 0.361 e. The van der Waals surface area contributed by atoms with E-state index in [1.165, 1.54) is 12.8 Å². The minimum Gasteiger partial charge on any atom is -0.361 e. The third-order valence-electron chi connectivity index (χ3n) is 7.78. The molecule has 150 valence electrons. The fraction of sp³-hybridized carbons (Fsp3) is 0.565. The van der Waals surface area contributed by atoms with Gasteiger partial charge in [0.15, 0.2) is 0 Å². The van der Waals surface area contributed by atoms with Crippen molar-refractivity contribution in [2.45, 2.75) is 70.6 Å². The van der Waals surface area contributed by atoms with Crippen LogP contribution < -0.4 is 5.32 Å². The molecule has 1 N–H and O–H groups in total. The first-order chi connectivity index (χ1) is 13.2. The summed E-state index contributed by atoms with van der Waals surface area (Å²) in [6.45, 7) is 11.0. The summed E-state index contributed by atoms with van der Waals surface area (Å²) in [6, 6.07) is 8.17. The summed E-state index contributed by atoms with van der Waals surface area (Å²) in [7, 11) is 0. The summed E-state index contributed by atoms with van der Waals surface area (Å²) >= 11 is 1.67. The Morgan fingerprint density at radius 1 is 1.29 bits per heavy atom. The Labute approximate surface area is 171 Å². The van der Waals surface area contributed by atoms with E-state index in [1.54, 1.807) is 11.8 Å². The maximum atomic E-state index is 13.2. The van der Waals surface area contributed by atoms with Crippen LogP contribution in [0.25, 0.3) is 0 Å². The van der Waals surface area contributed by atoms with E-state index in [0.717, 1.165) is 39.7 Å². The zero-order valence-corrected chi connectivity index (χ0v) is 18.3. The number of hydrogen-bond acceptors (Lipinski definition) is 4. The number of hydrogen-bond donors (Lipinski definition) is 1. The summed E-state index contributed by atoms with van der Waals surface area (Å²) < 4.78 is 5.27. The Balaban J connectivity index is 1.50. The smallest absolute Gasteiger partial charge is 0.252 e. The molecule has 0 aliphatic heterocycles. The molecule has 28 heavy (non-hydrogen) atoms. The SMILES string of the molecule is Cc1noc(C)c1CSc1ccccc1C(=O)N[C@@H]1C[C@@H]2CC[C@@]1(C)C2(C)C. The van der Waals surface area contributed by atoms with E-state index >= 15 is 0 Å². The van der Waals surface area contributed by atoms with Crippen LogP contribution in [-0.4, -0.2) is 17.1 Å². The molecule has 4 rings (SSSR count). The molecule has 1 amide bonds. The number of benzene rings is 1. The van der Waals surface area contributed by atoms with Crippen LogP contribution in [-0.2, 0) is 5.75 Å². The minimum absolute atomic E-state index is 0.0523. The monoisotopic (exact) mass is 398 g/mol. The predicted octanol–water partition coefficient (Wildman–Crippen LogP) is 5.53. The highest BCUT2D eigenvalue weighted by Gasteiger charge is 2.61. The molecule has 1 aromatic carbocycles. The van der Waals surface area contributed by atoms with Crippen molar-refractivity contribution in [3.05, 3.63) is 46.8 Å². The Morgan fingerprint density at radius 2 is 2.04 bits per heavy atom. The quantitative estimate of drug-likeness (QED) is 0.673. The zero-order valence-electron chi connectivity index (χ0n) is 17.5. The van der Waals surface area contributed by atoms with Crippen LogP contribution in [0.2, 0.25) is 0 Å². The fourth-order valence-electron chi connectivity index (χ4n) is 5.30. The number of aryl methyl sites for hydroxylation is 2. The van der Waals surface area contributed by atoms with Gasteiger partial charge in [-0.3, -0.25) is 4.79 Å². The normalized spacial score (nSPS) is 27.9. The van der Waals surface area contributed by atoms with Crippen LogP contribution in [0.15, 0.2) is 33.7 Å². The van der Waals surface area contributed by atoms with Crippen LogP contribution in [0.1, 0.15) is 67.4 Å². The van der Waals surface area contributed by atoms with E-state index < -0.39 is 0 Å². The molecule has 2 fully saturated rings. The number of nitrogens with one attached hydrogen (secondary N) is 1. The molecule has 2 aliphatic carbocycles. The van der Waals surface area contributed by atoms with Crippen molar-refractivity contribution in [1.82, 2.24) is 10.5 Å². The molecular weight excluding hydrogens is 368 g/mol. The Morgan fingerprint density at radius 3 is 2.64 bits per heavy atom. The first-order valence-electron chi connectivity index (χ1n) is 10.2. The lowest BCUT2D eigenvalue weighted by atomic mass is 9.69. The molecule has 2 bridgehead atoms. The number of fused-ring (bicyclic) bond motifs is 2. The van der Waals surface area contributed by atoms with Crippen molar-refractivity contribution >= 4 is 17.7 Å². The molecule has 3 atom stereocenters. The van der Waals surface area contributed by atoms with E-state index in [2.05, 4.69) is 31.2 Å². The van der Waals surface area contributed by atoms with Gasteiger partial charge >= 0.3 is 0 Å². The van der Waals surface area contributed by atoms with Crippen LogP contribution in [0, 0.1) is 30.6 Å². The predicted molar refractivity (Wildman–Crippen MR) is 112 cm³/mol. The van der Waals surface area contributed by atoms with E-state index in [0.29, 0.717) is 11.3 Å². The number of rotatable bonds is 5. The topological polar surface area (TPSA) is 55.1 Å². The molecule has 0 unspecified atom stereocenters. The summed E-state index contributed by atoms with van der Waals surface area (Å²) in [5.41, 5.74) is 3.28. The molecule has 0 radical (unpaired) electrons. The van der Waals surface area contributed by atoms with Crippen LogP contribution in [0.4, 0.5) is 0 Å². The van der Waals surface area contributed by atoms with Gasteiger partial charge in [-0.25, -0.2) is 0 Å². The third kappa shape index (κ3) is 2.99. The maximum absolute atomic E-state index is 13.2. The summed E-state index contributed by atoms with van der Waals surface area (Å²) in [5, 5.41) is 7.43. The van der Waals surface area contributed by atoms with Gasteiger partial charge in [-0.1, -0.05) is 38.1 Å². The van der Waals surface area contributed by atoms with Gasteiger partial charge in [-0.15, -0.1) is 11.8 Å². The maximum Gasteiger partial charge on any atom is 0.252 e. The average molecular weight is 399 g/mol. The lowest BCUT2D eigenvalue weighted by Crippen LogP contribution is -2.47. The second-order valence-corrected chi connectivity index (χ2v) is 10.2. The third-order valence-corrected chi connectivity index (χ3v) is 8.88. The average Bonchev–Trinajstić information content (AvgIpc) is 3.17. The second kappa shape index (κ2) is 6.94. The Hall–Kier alpha value is -1.75. The van der Waals surface area contributed by atoms with Crippen molar-refractivity contribution in [3.8, 4) is 0 Å². The zero-order chi connectivity index (χ0) is 20.1. The summed E-state index contributed by atoms with van der Waals surface area (Å²) in [4.78, 5) is 14.2. The van der Waals surface area contributed by atoms with Gasteiger partial charge in [0.05, 0.1) is 11.3 Å². The minimum atomic E-state index is 0.0523. The highest BCUT2D eigenvalue weighted by molar-refractivity contribution is 7.98. The van der Waals surface area contributed by atoms with Crippen LogP contribution >= 0.6 is 11.8 Å². The Bertz CT molecular complexity index is 884. The van der Waals surface area contributed by atoms with Crippen molar-refractivity contribution in [3.63, 3.8) is 0 Å². The molecule has 0 saturated heterocycles. The number of amides is 1. The highest BCUT2D eigenvalue weighted by atomic mass is 32.2. The number of aromatic nitrogens is 1. The standard InChI is InChI=1S/C23H30N2O2S/c1-14-18(15(2)27-25-14)13-28-19-9-7-6-8-17(19)21(26)24-20-12-16-10-11-23(20,5)22(16,3)4/h6-9,16,20H,10-13H2,1-5H3,(H,24,26)/t16-,20+,23+/m0/s1. The van der Waals surface area contributed by atoms with Gasteiger partial charge in [0.25, 0.3) is 5.91 Å². The van der Waals surface area contributed by atoms with E-state index in [-0.39, 0.29) is 17.4 Å². The van der Waals surface area contributed by atoms with Crippen molar-refractivity contribution in [1.29, 1.82) is 0 Å². The van der Waals surface area contributed by atoms with Crippen molar-refractivity contribution in [2.24, 2.45) is 16.7 Å². The first kappa shape index (κ1) is 19.6. The fourth-order valence-corrected chi connectivity index (χ4v) is 6.50. The molecular formula is C23H30N2O2S. The van der Waals surface area contributed by atoms with E-state index in [9.17, 15) is 4.79 Å². The first-order valence-corrected chi connectivity index (χ1v) is 11.2.